The highest BCUT2D eigenvalue weighted by molar-refractivity contribution is 5.96. The zero-order valence-electron chi connectivity index (χ0n) is 21.1. The Morgan fingerprint density at radius 1 is 1.03 bits per heavy atom. The summed E-state index contributed by atoms with van der Waals surface area (Å²) in [5.41, 5.74) is 5.09. The summed E-state index contributed by atoms with van der Waals surface area (Å²) in [5, 5.41) is 12.2. The number of amides is 2. The number of methoxy groups -OCH3 is 1. The van der Waals surface area contributed by atoms with Gasteiger partial charge in [0.25, 0.3) is 11.8 Å². The van der Waals surface area contributed by atoms with Gasteiger partial charge in [0.15, 0.2) is 5.69 Å². The molecule has 37 heavy (non-hydrogen) atoms. The van der Waals surface area contributed by atoms with E-state index in [9.17, 15) is 9.59 Å². The molecule has 4 aromatic rings. The predicted octanol–water partition coefficient (Wildman–Crippen LogP) is 3.24. The normalized spacial score (nSPS) is 12.9. The van der Waals surface area contributed by atoms with Crippen LogP contribution in [-0.2, 0) is 24.8 Å². The first-order valence-electron chi connectivity index (χ1n) is 12.4. The van der Waals surface area contributed by atoms with E-state index in [4.69, 9.17) is 9.84 Å². The topological polar surface area (TPSA) is 94.3 Å². The van der Waals surface area contributed by atoms with Crippen molar-refractivity contribution in [2.24, 2.45) is 7.05 Å². The summed E-state index contributed by atoms with van der Waals surface area (Å²) < 4.78 is 8.51. The molecule has 0 aliphatic carbocycles. The second kappa shape index (κ2) is 10.8. The fourth-order valence-electron chi connectivity index (χ4n) is 4.66. The van der Waals surface area contributed by atoms with Gasteiger partial charge < -0.3 is 15.0 Å². The number of rotatable bonds is 8. The highest BCUT2D eigenvalue weighted by Gasteiger charge is 2.31. The number of carbonyl (C=O) groups is 2. The van der Waals surface area contributed by atoms with Gasteiger partial charge in [-0.15, -0.1) is 0 Å². The molecule has 0 fully saturated rings. The number of para-hydroxylation sites is 1. The fourth-order valence-corrected chi connectivity index (χ4v) is 4.66. The Morgan fingerprint density at radius 2 is 1.76 bits per heavy atom. The molecule has 0 saturated carbocycles. The van der Waals surface area contributed by atoms with Gasteiger partial charge in [-0.25, -0.2) is 4.68 Å². The molecule has 0 unspecified atom stereocenters. The summed E-state index contributed by atoms with van der Waals surface area (Å²) >= 11 is 0. The van der Waals surface area contributed by atoms with Gasteiger partial charge in [-0.3, -0.25) is 14.3 Å². The van der Waals surface area contributed by atoms with Crippen LogP contribution in [0.1, 0.15) is 38.7 Å². The first-order chi connectivity index (χ1) is 18.1. The molecule has 1 N–H and O–H groups in total. The lowest BCUT2D eigenvalue weighted by Crippen LogP contribution is -2.38. The van der Waals surface area contributed by atoms with Crippen LogP contribution < -0.4 is 5.32 Å². The number of benzene rings is 2. The van der Waals surface area contributed by atoms with Crippen LogP contribution >= 0.6 is 0 Å². The average molecular weight is 499 g/mol. The minimum absolute atomic E-state index is 0.139. The molecule has 0 atom stereocenters. The van der Waals surface area contributed by atoms with E-state index in [0.29, 0.717) is 44.0 Å². The minimum Gasteiger partial charge on any atom is -0.385 e. The number of aromatic nitrogens is 4. The number of nitrogens with zero attached hydrogens (tertiary/aromatic N) is 5. The molecule has 3 heterocycles. The van der Waals surface area contributed by atoms with E-state index in [1.165, 1.54) is 0 Å². The Morgan fingerprint density at radius 3 is 2.49 bits per heavy atom. The smallest absolute Gasteiger partial charge is 0.272 e. The second-order valence-corrected chi connectivity index (χ2v) is 9.00. The number of nitrogens with one attached hydrogen (secondary N) is 1. The summed E-state index contributed by atoms with van der Waals surface area (Å²) in [6.07, 6.45) is 1.33. The predicted molar refractivity (Wildman–Crippen MR) is 139 cm³/mol. The molecular formula is C28H30N6O3. The Bertz CT molecular complexity index is 1390. The Hall–Kier alpha value is -4.24. The van der Waals surface area contributed by atoms with Gasteiger partial charge in [-0.2, -0.15) is 10.2 Å². The summed E-state index contributed by atoms with van der Waals surface area (Å²) in [5.74, 6) is -0.373. The van der Waals surface area contributed by atoms with E-state index in [0.717, 1.165) is 34.6 Å². The molecule has 0 radical (unpaired) electrons. The van der Waals surface area contributed by atoms with Gasteiger partial charge in [0.1, 0.15) is 5.69 Å². The highest BCUT2D eigenvalue weighted by atomic mass is 16.5. The molecule has 2 aromatic heterocycles. The largest absolute Gasteiger partial charge is 0.385 e. The molecule has 190 valence electrons. The van der Waals surface area contributed by atoms with Crippen molar-refractivity contribution in [3.63, 3.8) is 0 Å². The van der Waals surface area contributed by atoms with E-state index >= 15 is 0 Å². The van der Waals surface area contributed by atoms with Crippen LogP contribution in [0.2, 0.25) is 0 Å². The maximum absolute atomic E-state index is 13.9. The van der Waals surface area contributed by atoms with Gasteiger partial charge >= 0.3 is 0 Å². The molecule has 1 aliphatic heterocycles. The van der Waals surface area contributed by atoms with Gasteiger partial charge in [-0.1, -0.05) is 48.5 Å². The number of hydrogen-bond donors (Lipinski definition) is 1. The number of hydrogen-bond acceptors (Lipinski definition) is 5. The lowest BCUT2D eigenvalue weighted by molar-refractivity contribution is 0.0721. The van der Waals surface area contributed by atoms with Crippen LogP contribution in [0.5, 0.6) is 0 Å². The molecule has 0 bridgehead atoms. The van der Waals surface area contributed by atoms with Gasteiger partial charge in [0.05, 0.1) is 17.9 Å². The van der Waals surface area contributed by atoms with Gasteiger partial charge in [-0.05, 0) is 24.6 Å². The summed E-state index contributed by atoms with van der Waals surface area (Å²) in [4.78, 5) is 28.6. The third-order valence-corrected chi connectivity index (χ3v) is 6.55. The van der Waals surface area contributed by atoms with Crippen molar-refractivity contribution in [2.45, 2.75) is 19.4 Å². The second-order valence-electron chi connectivity index (χ2n) is 9.00. The van der Waals surface area contributed by atoms with Crippen molar-refractivity contribution in [1.29, 1.82) is 0 Å². The molecule has 9 nitrogen and oxygen atoms in total. The van der Waals surface area contributed by atoms with Crippen molar-refractivity contribution in [2.75, 3.05) is 26.8 Å². The van der Waals surface area contributed by atoms with Gasteiger partial charge in [0, 0.05) is 57.1 Å². The molecule has 1 aliphatic rings. The van der Waals surface area contributed by atoms with Crippen LogP contribution in [0, 0.1) is 0 Å². The van der Waals surface area contributed by atoms with Crippen LogP contribution in [-0.4, -0.2) is 63.1 Å². The average Bonchev–Trinajstić information content (AvgIpc) is 3.53. The third-order valence-electron chi connectivity index (χ3n) is 6.55. The third kappa shape index (κ3) is 5.03. The van der Waals surface area contributed by atoms with Crippen LogP contribution in [0.25, 0.3) is 16.9 Å². The van der Waals surface area contributed by atoms with Crippen molar-refractivity contribution in [3.05, 3.63) is 89.4 Å². The van der Waals surface area contributed by atoms with Crippen LogP contribution in [0.4, 0.5) is 0 Å². The zero-order valence-corrected chi connectivity index (χ0v) is 21.1. The number of aryl methyl sites for hydroxylation is 1. The Balaban J connectivity index is 1.44. The molecule has 9 heteroatoms. The SMILES string of the molecule is COCCCNC(=O)c1nn(C)c2c1CN(C(=O)c1cc(-c3ccccc3)nn1-c1ccccc1)CC2. The first-order valence-corrected chi connectivity index (χ1v) is 12.4. The van der Waals surface area contributed by atoms with Crippen molar-refractivity contribution in [3.8, 4) is 16.9 Å². The standard InChI is InChI=1S/C28H30N6O3/c1-32-24-14-16-33(19-22(24)26(31-32)27(35)29-15-9-17-37-2)28(36)25-18-23(20-10-5-3-6-11-20)30-34(25)21-12-7-4-8-13-21/h3-8,10-13,18H,9,14-17,19H2,1-2H3,(H,29,35). The van der Waals surface area contributed by atoms with Gasteiger partial charge in [0.2, 0.25) is 0 Å². The molecule has 2 amide bonds. The number of carbonyl (C=O) groups excluding carboxylic acids is 2. The van der Waals surface area contributed by atoms with E-state index in [-0.39, 0.29) is 11.8 Å². The summed E-state index contributed by atoms with van der Waals surface area (Å²) in [6.45, 7) is 1.91. The zero-order chi connectivity index (χ0) is 25.8. The van der Waals surface area contributed by atoms with Crippen molar-refractivity contribution < 1.29 is 14.3 Å². The molecule has 0 spiro atoms. The van der Waals surface area contributed by atoms with E-state index in [2.05, 4.69) is 10.4 Å². The van der Waals surface area contributed by atoms with E-state index in [1.807, 2.05) is 73.8 Å². The maximum Gasteiger partial charge on any atom is 0.272 e. The minimum atomic E-state index is -0.233. The molecule has 5 rings (SSSR count). The summed E-state index contributed by atoms with van der Waals surface area (Å²) in [6, 6.07) is 21.3. The monoisotopic (exact) mass is 498 g/mol. The first kappa shape index (κ1) is 24.5. The summed E-state index contributed by atoms with van der Waals surface area (Å²) in [7, 11) is 3.48. The number of fused-ring (bicyclic) bond motifs is 1. The quantitative estimate of drug-likeness (QED) is 0.377. The number of ether oxygens (including phenoxy) is 1. The fraction of sp³-hybridized carbons (Fsp3) is 0.286. The lowest BCUT2D eigenvalue weighted by Gasteiger charge is -2.27. The van der Waals surface area contributed by atoms with Crippen molar-refractivity contribution in [1.82, 2.24) is 29.8 Å². The molecule has 0 saturated heterocycles. The van der Waals surface area contributed by atoms with Crippen LogP contribution in [0.3, 0.4) is 0 Å². The van der Waals surface area contributed by atoms with E-state index in [1.54, 1.807) is 21.4 Å². The van der Waals surface area contributed by atoms with Crippen LogP contribution in [0.15, 0.2) is 66.7 Å². The Kier molecular flexibility index (Phi) is 7.14. The molecular weight excluding hydrogens is 468 g/mol. The highest BCUT2D eigenvalue weighted by Crippen LogP contribution is 2.27. The lowest BCUT2D eigenvalue weighted by atomic mass is 10.0. The Labute approximate surface area is 215 Å². The van der Waals surface area contributed by atoms with E-state index < -0.39 is 0 Å². The maximum atomic E-state index is 13.9. The van der Waals surface area contributed by atoms with Crippen molar-refractivity contribution >= 4 is 11.8 Å². The molecule has 2 aromatic carbocycles.